The fourth-order valence-electron chi connectivity index (χ4n) is 4.86. The van der Waals surface area contributed by atoms with Gasteiger partial charge in [0.1, 0.15) is 5.75 Å². The van der Waals surface area contributed by atoms with Gasteiger partial charge in [-0.3, -0.25) is 4.79 Å². The number of benzene rings is 2. The number of nitrogens with two attached hydrogens (primary N) is 1. The zero-order valence-corrected chi connectivity index (χ0v) is 26.5. The van der Waals surface area contributed by atoms with E-state index < -0.39 is 19.9 Å². The molecule has 0 saturated carbocycles. The summed E-state index contributed by atoms with van der Waals surface area (Å²) in [7, 11) is -5.70. The highest BCUT2D eigenvalue weighted by Crippen LogP contribution is 2.36. The Kier molecular flexibility index (Phi) is 11.8. The molecule has 8 nitrogen and oxygen atoms in total. The van der Waals surface area contributed by atoms with Gasteiger partial charge in [0, 0.05) is 12.1 Å². The summed E-state index contributed by atoms with van der Waals surface area (Å²) in [6.07, 6.45) is 3.82. The summed E-state index contributed by atoms with van der Waals surface area (Å²) < 4.78 is 54.7. The van der Waals surface area contributed by atoms with E-state index in [0.717, 1.165) is 36.8 Å². The summed E-state index contributed by atoms with van der Waals surface area (Å²) in [5.74, 6) is -0.276. The Morgan fingerprint density at radius 2 is 1.70 bits per heavy atom. The lowest BCUT2D eigenvalue weighted by molar-refractivity contribution is -0.116. The van der Waals surface area contributed by atoms with Crippen molar-refractivity contribution in [2.75, 3.05) is 18.2 Å². The molecule has 10 heteroatoms. The molecular weight excluding hydrogens is 548 g/mol. The van der Waals surface area contributed by atoms with Crippen LogP contribution in [0.25, 0.3) is 0 Å². The highest BCUT2D eigenvalue weighted by Gasteiger charge is 2.25. The standard InChI is InChI=1S/C30H46N2O6S2/c1-8-9-10-11-23(25-14-13-24(18-28(25)38-7)39(34,35)19-21(2)3)17-29(33)32-27-16-22(20-40(31,36)37)12-15-26(27)30(4,5)6/h12-16,18,21,23H,8-11,17,19-20H2,1-7H3,(H,32,33)(H2,31,36,37). The largest absolute Gasteiger partial charge is 0.496 e. The molecule has 0 spiro atoms. The van der Waals surface area contributed by atoms with Gasteiger partial charge >= 0.3 is 0 Å². The third kappa shape index (κ3) is 10.2. The monoisotopic (exact) mass is 594 g/mol. The quantitative estimate of drug-likeness (QED) is 0.262. The molecule has 0 aliphatic carbocycles. The van der Waals surface area contributed by atoms with E-state index in [2.05, 4.69) is 12.2 Å². The number of sulfone groups is 1. The predicted octanol–water partition coefficient (Wildman–Crippen LogP) is 5.90. The molecule has 0 aromatic heterocycles. The number of anilines is 1. The number of methoxy groups -OCH3 is 1. The maximum Gasteiger partial charge on any atom is 0.224 e. The van der Waals surface area contributed by atoms with Crippen molar-refractivity contribution in [1.29, 1.82) is 0 Å². The molecular formula is C30H46N2O6S2. The number of carbonyl (C=O) groups is 1. The molecule has 0 fully saturated rings. The fourth-order valence-corrected chi connectivity index (χ4v) is 7.14. The first kappa shape index (κ1) is 33.8. The highest BCUT2D eigenvalue weighted by molar-refractivity contribution is 7.91. The number of hydrogen-bond acceptors (Lipinski definition) is 6. The number of primary sulfonamides is 1. The minimum absolute atomic E-state index is 0.0115. The number of nitrogens with one attached hydrogen (secondary N) is 1. The predicted molar refractivity (Wildman–Crippen MR) is 162 cm³/mol. The molecule has 2 aromatic carbocycles. The van der Waals surface area contributed by atoms with Gasteiger partial charge in [-0.2, -0.15) is 0 Å². The van der Waals surface area contributed by atoms with E-state index in [1.54, 1.807) is 30.3 Å². The molecule has 0 bridgehead atoms. The first-order valence-corrected chi connectivity index (χ1v) is 17.2. The van der Waals surface area contributed by atoms with E-state index in [0.29, 0.717) is 17.0 Å². The van der Waals surface area contributed by atoms with E-state index in [-0.39, 0.29) is 46.0 Å². The molecule has 224 valence electrons. The summed E-state index contributed by atoms with van der Waals surface area (Å²) in [5, 5.41) is 8.27. The number of ether oxygens (including phenoxy) is 1. The van der Waals surface area contributed by atoms with Gasteiger partial charge in [-0.25, -0.2) is 22.0 Å². The molecule has 1 unspecified atom stereocenters. The minimum atomic E-state index is -3.74. The SMILES string of the molecule is CCCCCC(CC(=O)Nc1cc(CS(N)(=O)=O)ccc1C(C)(C)C)c1ccc(S(=O)(=O)CC(C)C)cc1OC. The van der Waals surface area contributed by atoms with Crippen LogP contribution in [-0.4, -0.2) is 35.6 Å². The Bertz CT molecular complexity index is 1380. The topological polar surface area (TPSA) is 133 Å². The van der Waals surface area contributed by atoms with Crippen molar-refractivity contribution in [1.82, 2.24) is 0 Å². The fraction of sp³-hybridized carbons (Fsp3) is 0.567. The Labute approximate surface area is 241 Å². The Morgan fingerprint density at radius 3 is 2.25 bits per heavy atom. The second-order valence-electron chi connectivity index (χ2n) is 12.0. The molecule has 0 aliphatic rings. The number of carbonyl (C=O) groups excluding carboxylic acids is 1. The third-order valence-corrected chi connectivity index (χ3v) is 9.49. The average Bonchev–Trinajstić information content (AvgIpc) is 2.80. The van der Waals surface area contributed by atoms with Crippen molar-refractivity contribution in [3.8, 4) is 5.75 Å². The van der Waals surface area contributed by atoms with E-state index in [1.807, 2.05) is 40.7 Å². The van der Waals surface area contributed by atoms with Crippen LogP contribution in [0, 0.1) is 5.92 Å². The lowest BCUT2D eigenvalue weighted by Gasteiger charge is -2.25. The number of amides is 1. The van der Waals surface area contributed by atoms with Crippen LogP contribution in [0.1, 0.15) is 96.3 Å². The van der Waals surface area contributed by atoms with Crippen molar-refractivity contribution in [2.24, 2.45) is 11.1 Å². The Balaban J connectivity index is 2.43. The number of rotatable bonds is 14. The second kappa shape index (κ2) is 14.0. The summed E-state index contributed by atoms with van der Waals surface area (Å²) in [6, 6.07) is 10.1. The third-order valence-electron chi connectivity index (χ3n) is 6.68. The molecule has 0 heterocycles. The second-order valence-corrected chi connectivity index (χ2v) is 15.6. The van der Waals surface area contributed by atoms with Crippen LogP contribution in [-0.2, 0) is 35.8 Å². The van der Waals surface area contributed by atoms with Crippen LogP contribution in [0.5, 0.6) is 5.75 Å². The first-order chi connectivity index (χ1) is 18.5. The zero-order chi connectivity index (χ0) is 30.3. The molecule has 1 atom stereocenters. The van der Waals surface area contributed by atoms with Crippen molar-refractivity contribution >= 4 is 31.5 Å². The molecule has 0 radical (unpaired) electrons. The van der Waals surface area contributed by atoms with Gasteiger partial charge in [0.2, 0.25) is 15.9 Å². The first-order valence-electron chi connectivity index (χ1n) is 13.8. The van der Waals surface area contributed by atoms with Crippen molar-refractivity contribution < 1.29 is 26.4 Å². The van der Waals surface area contributed by atoms with Crippen molar-refractivity contribution in [3.05, 3.63) is 53.1 Å². The lowest BCUT2D eigenvalue weighted by atomic mass is 9.85. The maximum atomic E-state index is 13.5. The zero-order valence-electron chi connectivity index (χ0n) is 24.9. The summed E-state index contributed by atoms with van der Waals surface area (Å²) in [4.78, 5) is 13.7. The number of unbranched alkanes of at least 4 members (excludes halogenated alkanes) is 2. The summed E-state index contributed by atoms with van der Waals surface area (Å²) in [6.45, 7) is 11.9. The van der Waals surface area contributed by atoms with Gasteiger partial charge < -0.3 is 10.1 Å². The van der Waals surface area contributed by atoms with Gasteiger partial charge in [-0.05, 0) is 58.6 Å². The summed E-state index contributed by atoms with van der Waals surface area (Å²) in [5.41, 5.74) is 2.40. The van der Waals surface area contributed by atoms with Gasteiger partial charge in [-0.15, -0.1) is 0 Å². The average molecular weight is 595 g/mol. The van der Waals surface area contributed by atoms with Crippen LogP contribution < -0.4 is 15.2 Å². The van der Waals surface area contributed by atoms with E-state index in [9.17, 15) is 21.6 Å². The van der Waals surface area contributed by atoms with Gasteiger partial charge in [0.25, 0.3) is 0 Å². The Hall–Kier alpha value is -2.43. The van der Waals surface area contributed by atoms with Crippen LogP contribution in [0.2, 0.25) is 0 Å². The maximum absolute atomic E-state index is 13.5. The molecule has 3 N–H and O–H groups in total. The summed E-state index contributed by atoms with van der Waals surface area (Å²) >= 11 is 0. The van der Waals surface area contributed by atoms with Crippen LogP contribution in [0.15, 0.2) is 41.3 Å². The highest BCUT2D eigenvalue weighted by atomic mass is 32.2. The van der Waals surface area contributed by atoms with Crippen molar-refractivity contribution in [2.45, 2.75) is 95.6 Å². The van der Waals surface area contributed by atoms with E-state index >= 15 is 0 Å². The molecule has 2 aromatic rings. The normalized spacial score (nSPS) is 13.3. The van der Waals surface area contributed by atoms with E-state index in [1.165, 1.54) is 7.11 Å². The van der Waals surface area contributed by atoms with Crippen LogP contribution >= 0.6 is 0 Å². The number of sulfonamides is 1. The minimum Gasteiger partial charge on any atom is -0.496 e. The molecule has 1 amide bonds. The van der Waals surface area contributed by atoms with Gasteiger partial charge in [0.05, 0.1) is 23.5 Å². The van der Waals surface area contributed by atoms with Crippen LogP contribution in [0.3, 0.4) is 0 Å². The molecule has 2 rings (SSSR count). The van der Waals surface area contributed by atoms with Crippen molar-refractivity contribution in [3.63, 3.8) is 0 Å². The molecule has 40 heavy (non-hydrogen) atoms. The molecule has 0 aliphatic heterocycles. The lowest BCUT2D eigenvalue weighted by Crippen LogP contribution is -2.21. The van der Waals surface area contributed by atoms with E-state index in [4.69, 9.17) is 9.88 Å². The smallest absolute Gasteiger partial charge is 0.224 e. The van der Waals surface area contributed by atoms with Gasteiger partial charge in [-0.1, -0.05) is 79.0 Å². The number of hydrogen-bond donors (Lipinski definition) is 2. The van der Waals surface area contributed by atoms with Crippen LogP contribution in [0.4, 0.5) is 5.69 Å². The molecule has 0 saturated heterocycles. The van der Waals surface area contributed by atoms with Gasteiger partial charge in [0.15, 0.2) is 9.84 Å². The Morgan fingerprint density at radius 1 is 1.02 bits per heavy atom.